The second-order valence-electron chi connectivity index (χ2n) is 3.54. The van der Waals surface area contributed by atoms with E-state index in [4.69, 9.17) is 0 Å². The number of nitrogens with zero attached hydrogens (tertiary/aromatic N) is 5. The minimum Gasteiger partial charge on any atom is -0.291 e. The summed E-state index contributed by atoms with van der Waals surface area (Å²) in [6, 6.07) is 1.88. The SMILES string of the molecule is CCn1cc(-c2cn3cccnc3n2)cn1. The highest BCUT2D eigenvalue weighted by atomic mass is 15.3. The summed E-state index contributed by atoms with van der Waals surface area (Å²) >= 11 is 0. The molecular formula is C11H11N5. The molecule has 0 radical (unpaired) electrons. The molecule has 3 rings (SSSR count). The van der Waals surface area contributed by atoms with Crippen molar-refractivity contribution >= 4 is 5.78 Å². The summed E-state index contributed by atoms with van der Waals surface area (Å²) in [6.07, 6.45) is 9.44. The molecule has 80 valence electrons. The fraction of sp³-hybridized carbons (Fsp3) is 0.182. The van der Waals surface area contributed by atoms with Gasteiger partial charge in [0, 0.05) is 36.9 Å². The van der Waals surface area contributed by atoms with Crippen molar-refractivity contribution in [3.05, 3.63) is 37.1 Å². The van der Waals surface area contributed by atoms with Crippen LogP contribution >= 0.6 is 0 Å². The van der Waals surface area contributed by atoms with Crippen molar-refractivity contribution in [2.75, 3.05) is 0 Å². The van der Waals surface area contributed by atoms with E-state index in [-0.39, 0.29) is 0 Å². The van der Waals surface area contributed by atoms with Gasteiger partial charge in [-0.1, -0.05) is 0 Å². The fourth-order valence-corrected chi connectivity index (χ4v) is 1.64. The normalized spacial score (nSPS) is 11.1. The highest BCUT2D eigenvalue weighted by Crippen LogP contribution is 2.17. The van der Waals surface area contributed by atoms with Gasteiger partial charge in [-0.2, -0.15) is 5.10 Å². The maximum absolute atomic E-state index is 4.43. The Bertz CT molecular complexity index is 589. The van der Waals surface area contributed by atoms with Crippen molar-refractivity contribution in [3.63, 3.8) is 0 Å². The summed E-state index contributed by atoms with van der Waals surface area (Å²) < 4.78 is 3.78. The van der Waals surface area contributed by atoms with Gasteiger partial charge in [0.1, 0.15) is 0 Å². The molecule has 0 fully saturated rings. The van der Waals surface area contributed by atoms with Crippen LogP contribution in [0.4, 0.5) is 0 Å². The quantitative estimate of drug-likeness (QED) is 0.649. The molecule has 16 heavy (non-hydrogen) atoms. The second kappa shape index (κ2) is 3.44. The molecule has 3 aromatic rings. The zero-order valence-corrected chi connectivity index (χ0v) is 8.91. The van der Waals surface area contributed by atoms with E-state index in [0.29, 0.717) is 5.78 Å². The summed E-state index contributed by atoms with van der Waals surface area (Å²) in [4.78, 5) is 8.61. The first-order chi connectivity index (χ1) is 7.86. The lowest BCUT2D eigenvalue weighted by molar-refractivity contribution is 0.660. The molecule has 3 heterocycles. The summed E-state index contributed by atoms with van der Waals surface area (Å²) in [7, 11) is 0. The number of fused-ring (bicyclic) bond motifs is 1. The van der Waals surface area contributed by atoms with Gasteiger partial charge in [0.2, 0.25) is 5.78 Å². The van der Waals surface area contributed by atoms with E-state index >= 15 is 0 Å². The summed E-state index contributed by atoms with van der Waals surface area (Å²) in [5.74, 6) is 0.710. The fourth-order valence-electron chi connectivity index (χ4n) is 1.64. The van der Waals surface area contributed by atoms with Gasteiger partial charge in [-0.3, -0.25) is 9.08 Å². The predicted molar refractivity (Wildman–Crippen MR) is 59.9 cm³/mol. The highest BCUT2D eigenvalue weighted by Gasteiger charge is 2.06. The minimum absolute atomic E-state index is 0.710. The molecule has 3 aromatic heterocycles. The van der Waals surface area contributed by atoms with Gasteiger partial charge in [0.25, 0.3) is 0 Å². The van der Waals surface area contributed by atoms with Crippen LogP contribution in [0.15, 0.2) is 37.1 Å². The van der Waals surface area contributed by atoms with E-state index in [0.717, 1.165) is 17.8 Å². The molecule has 0 saturated heterocycles. The Morgan fingerprint density at radius 2 is 2.25 bits per heavy atom. The number of aromatic nitrogens is 5. The van der Waals surface area contributed by atoms with E-state index in [1.807, 2.05) is 39.9 Å². The Morgan fingerprint density at radius 1 is 1.31 bits per heavy atom. The molecule has 0 aliphatic carbocycles. The monoisotopic (exact) mass is 213 g/mol. The number of hydrogen-bond donors (Lipinski definition) is 0. The van der Waals surface area contributed by atoms with Crippen molar-refractivity contribution in [2.45, 2.75) is 13.5 Å². The third-order valence-corrected chi connectivity index (χ3v) is 2.49. The van der Waals surface area contributed by atoms with Crippen molar-refractivity contribution in [2.24, 2.45) is 0 Å². The van der Waals surface area contributed by atoms with Gasteiger partial charge in [-0.05, 0) is 13.0 Å². The standard InChI is InChI=1S/C11H11N5/c1-2-16-7-9(6-13-16)10-8-15-5-3-4-12-11(15)14-10/h3-8H,2H2,1H3. The Labute approximate surface area is 92.4 Å². The number of rotatable bonds is 2. The Morgan fingerprint density at radius 3 is 3.00 bits per heavy atom. The third kappa shape index (κ3) is 1.37. The molecule has 0 atom stereocenters. The second-order valence-corrected chi connectivity index (χ2v) is 3.54. The first kappa shape index (κ1) is 9.08. The number of aryl methyl sites for hydroxylation is 1. The van der Waals surface area contributed by atoms with Gasteiger partial charge in [0.05, 0.1) is 11.9 Å². The van der Waals surface area contributed by atoms with Crippen LogP contribution in [0.5, 0.6) is 0 Å². The topological polar surface area (TPSA) is 48.0 Å². The minimum atomic E-state index is 0.710. The lowest BCUT2D eigenvalue weighted by Gasteiger charge is -1.90. The predicted octanol–water partition coefficient (Wildman–Crippen LogP) is 1.61. The van der Waals surface area contributed by atoms with Crippen molar-refractivity contribution in [3.8, 4) is 11.3 Å². The van der Waals surface area contributed by atoms with E-state index in [9.17, 15) is 0 Å². The van der Waals surface area contributed by atoms with Gasteiger partial charge in [0.15, 0.2) is 0 Å². The molecule has 0 spiro atoms. The Balaban J connectivity index is 2.11. The van der Waals surface area contributed by atoms with Crippen LogP contribution in [0.25, 0.3) is 17.0 Å². The molecular weight excluding hydrogens is 202 g/mol. The third-order valence-electron chi connectivity index (χ3n) is 2.49. The molecule has 5 nitrogen and oxygen atoms in total. The van der Waals surface area contributed by atoms with E-state index < -0.39 is 0 Å². The summed E-state index contributed by atoms with van der Waals surface area (Å²) in [5, 5.41) is 4.23. The van der Waals surface area contributed by atoms with Gasteiger partial charge in [-0.25, -0.2) is 9.97 Å². The van der Waals surface area contributed by atoms with Crippen LogP contribution in [0, 0.1) is 0 Å². The number of hydrogen-bond acceptors (Lipinski definition) is 3. The van der Waals surface area contributed by atoms with E-state index in [2.05, 4.69) is 22.0 Å². The van der Waals surface area contributed by atoms with E-state index in [1.54, 1.807) is 6.20 Å². The maximum Gasteiger partial charge on any atom is 0.234 e. The zero-order chi connectivity index (χ0) is 11.0. The molecule has 5 heteroatoms. The molecule has 0 saturated carbocycles. The smallest absolute Gasteiger partial charge is 0.234 e. The average Bonchev–Trinajstić information content (AvgIpc) is 2.95. The molecule has 0 amide bonds. The molecule has 0 unspecified atom stereocenters. The first-order valence-corrected chi connectivity index (χ1v) is 5.19. The van der Waals surface area contributed by atoms with Gasteiger partial charge >= 0.3 is 0 Å². The lowest BCUT2D eigenvalue weighted by atomic mass is 10.3. The Hall–Kier alpha value is -2.17. The molecule has 0 aliphatic heterocycles. The van der Waals surface area contributed by atoms with Gasteiger partial charge < -0.3 is 0 Å². The van der Waals surface area contributed by atoms with Crippen LogP contribution < -0.4 is 0 Å². The van der Waals surface area contributed by atoms with Crippen molar-refractivity contribution in [1.82, 2.24) is 24.1 Å². The zero-order valence-electron chi connectivity index (χ0n) is 8.91. The van der Waals surface area contributed by atoms with Gasteiger partial charge in [-0.15, -0.1) is 0 Å². The molecule has 0 aliphatic rings. The van der Waals surface area contributed by atoms with Crippen LogP contribution in [-0.4, -0.2) is 24.1 Å². The lowest BCUT2D eigenvalue weighted by Crippen LogP contribution is -1.91. The average molecular weight is 213 g/mol. The van der Waals surface area contributed by atoms with E-state index in [1.165, 1.54) is 0 Å². The maximum atomic E-state index is 4.43. The molecule has 0 N–H and O–H groups in total. The summed E-state index contributed by atoms with van der Waals surface area (Å²) in [6.45, 7) is 2.92. The first-order valence-electron chi connectivity index (χ1n) is 5.19. The van der Waals surface area contributed by atoms with Crippen LogP contribution in [-0.2, 0) is 6.54 Å². The van der Waals surface area contributed by atoms with Crippen molar-refractivity contribution < 1.29 is 0 Å². The number of imidazole rings is 1. The largest absolute Gasteiger partial charge is 0.291 e. The molecule has 0 aromatic carbocycles. The molecule has 0 bridgehead atoms. The van der Waals surface area contributed by atoms with Crippen LogP contribution in [0.2, 0.25) is 0 Å². The van der Waals surface area contributed by atoms with Crippen molar-refractivity contribution in [1.29, 1.82) is 0 Å². The summed E-state index contributed by atoms with van der Waals surface area (Å²) in [5.41, 5.74) is 1.92. The van der Waals surface area contributed by atoms with Crippen LogP contribution in [0.3, 0.4) is 0 Å². The highest BCUT2D eigenvalue weighted by molar-refractivity contribution is 5.59. The van der Waals surface area contributed by atoms with Crippen LogP contribution in [0.1, 0.15) is 6.92 Å². The Kier molecular flexibility index (Phi) is 1.96.